The summed E-state index contributed by atoms with van der Waals surface area (Å²) in [6.45, 7) is 0.934. The molecule has 19 heavy (non-hydrogen) atoms. The van der Waals surface area contributed by atoms with Crippen LogP contribution in [0, 0.1) is 0 Å². The minimum Gasteiger partial charge on any atom is -0.467 e. The molecule has 1 aromatic carbocycles. The first-order chi connectivity index (χ1) is 9.22. The van der Waals surface area contributed by atoms with Crippen LogP contribution in [0.3, 0.4) is 0 Å². The van der Waals surface area contributed by atoms with Crippen LogP contribution in [0.15, 0.2) is 30.3 Å². The van der Waals surface area contributed by atoms with Gasteiger partial charge in [-0.3, -0.25) is 0 Å². The molecule has 0 bridgehead atoms. The van der Waals surface area contributed by atoms with Crippen LogP contribution in [-0.4, -0.2) is 49.8 Å². The third kappa shape index (κ3) is 3.23. The molecule has 1 N–H and O–H groups in total. The number of nitrogens with one attached hydrogen (secondary N) is 1. The topological polar surface area (TPSA) is 67.9 Å². The first-order valence-corrected chi connectivity index (χ1v) is 6.00. The van der Waals surface area contributed by atoms with Gasteiger partial charge in [0.25, 0.3) is 0 Å². The van der Waals surface area contributed by atoms with E-state index in [2.05, 4.69) is 10.1 Å². The SMILES string of the molecule is COC(=O)C1COCCN1C(=O)Nc1ccccc1. The van der Waals surface area contributed by atoms with Crippen LogP contribution in [0.2, 0.25) is 0 Å². The van der Waals surface area contributed by atoms with Crippen LogP contribution >= 0.6 is 0 Å². The lowest BCUT2D eigenvalue weighted by Crippen LogP contribution is -2.54. The molecule has 0 aliphatic carbocycles. The van der Waals surface area contributed by atoms with Crippen molar-refractivity contribution < 1.29 is 19.1 Å². The number of ether oxygens (including phenoxy) is 2. The van der Waals surface area contributed by atoms with E-state index in [1.807, 2.05) is 18.2 Å². The van der Waals surface area contributed by atoms with Crippen molar-refractivity contribution in [3.63, 3.8) is 0 Å². The monoisotopic (exact) mass is 264 g/mol. The number of esters is 1. The van der Waals surface area contributed by atoms with Crippen molar-refractivity contribution >= 4 is 17.7 Å². The first kappa shape index (κ1) is 13.4. The molecular weight excluding hydrogens is 248 g/mol. The molecule has 1 unspecified atom stereocenters. The largest absolute Gasteiger partial charge is 0.467 e. The molecule has 0 radical (unpaired) electrons. The summed E-state index contributed by atoms with van der Waals surface area (Å²) in [6, 6.07) is 8.06. The van der Waals surface area contributed by atoms with Crippen LogP contribution in [0.1, 0.15) is 0 Å². The molecule has 1 fully saturated rings. The van der Waals surface area contributed by atoms with Gasteiger partial charge in [0.15, 0.2) is 6.04 Å². The number of urea groups is 1. The summed E-state index contributed by atoms with van der Waals surface area (Å²) < 4.78 is 9.89. The number of hydrogen-bond donors (Lipinski definition) is 1. The summed E-state index contributed by atoms with van der Waals surface area (Å²) in [5.74, 6) is -0.470. The van der Waals surface area contributed by atoms with Crippen molar-refractivity contribution in [3.05, 3.63) is 30.3 Å². The van der Waals surface area contributed by atoms with Crippen molar-refractivity contribution in [3.8, 4) is 0 Å². The zero-order valence-electron chi connectivity index (χ0n) is 10.7. The molecule has 2 amide bonds. The maximum absolute atomic E-state index is 12.1. The van der Waals surface area contributed by atoms with Crippen LogP contribution < -0.4 is 5.32 Å². The molecule has 1 aliphatic heterocycles. The van der Waals surface area contributed by atoms with Crippen LogP contribution in [0.25, 0.3) is 0 Å². The number of benzene rings is 1. The van der Waals surface area contributed by atoms with E-state index in [-0.39, 0.29) is 12.6 Å². The standard InChI is InChI=1S/C13H16N2O4/c1-18-12(16)11-9-19-8-7-15(11)13(17)14-10-5-3-2-4-6-10/h2-6,11H,7-9H2,1H3,(H,14,17). The highest BCUT2D eigenvalue weighted by molar-refractivity contribution is 5.92. The highest BCUT2D eigenvalue weighted by atomic mass is 16.5. The van der Waals surface area contributed by atoms with E-state index in [1.165, 1.54) is 12.0 Å². The van der Waals surface area contributed by atoms with Crippen molar-refractivity contribution in [2.24, 2.45) is 0 Å². The number of hydrogen-bond acceptors (Lipinski definition) is 4. The lowest BCUT2D eigenvalue weighted by Gasteiger charge is -2.33. The lowest BCUT2D eigenvalue weighted by atomic mass is 10.2. The normalized spacial score (nSPS) is 18.8. The molecule has 1 atom stereocenters. The minimum absolute atomic E-state index is 0.162. The molecule has 102 valence electrons. The van der Waals surface area contributed by atoms with Gasteiger partial charge < -0.3 is 19.7 Å². The molecule has 0 saturated carbocycles. The summed E-state index contributed by atoms with van der Waals surface area (Å²) >= 11 is 0. The summed E-state index contributed by atoms with van der Waals surface area (Å²) in [4.78, 5) is 25.2. The van der Waals surface area contributed by atoms with E-state index >= 15 is 0 Å². The van der Waals surface area contributed by atoms with Gasteiger partial charge in [-0.1, -0.05) is 18.2 Å². The number of rotatable bonds is 2. The zero-order valence-corrected chi connectivity index (χ0v) is 10.7. The Labute approximate surface area is 111 Å². The van der Waals surface area contributed by atoms with Crippen molar-refractivity contribution in [2.75, 3.05) is 32.2 Å². The predicted molar refractivity (Wildman–Crippen MR) is 68.8 cm³/mol. The van der Waals surface area contributed by atoms with Gasteiger partial charge in [0.05, 0.1) is 20.3 Å². The van der Waals surface area contributed by atoms with E-state index in [4.69, 9.17) is 4.74 Å². The highest BCUT2D eigenvalue weighted by Gasteiger charge is 2.33. The molecule has 0 spiro atoms. The second-order valence-electron chi connectivity index (χ2n) is 4.10. The van der Waals surface area contributed by atoms with Crippen LogP contribution in [-0.2, 0) is 14.3 Å². The van der Waals surface area contributed by atoms with Crippen LogP contribution in [0.4, 0.5) is 10.5 Å². The van der Waals surface area contributed by atoms with Crippen LogP contribution in [0.5, 0.6) is 0 Å². The van der Waals surface area contributed by atoms with Gasteiger partial charge in [-0.25, -0.2) is 9.59 Å². The number of amides is 2. The fourth-order valence-corrected chi connectivity index (χ4v) is 1.89. The Bertz CT molecular complexity index is 449. The number of carbonyl (C=O) groups excluding carboxylic acids is 2. The van der Waals surface area contributed by atoms with E-state index in [1.54, 1.807) is 12.1 Å². The van der Waals surface area contributed by atoms with Crippen molar-refractivity contribution in [1.82, 2.24) is 4.90 Å². The molecule has 2 rings (SSSR count). The van der Waals surface area contributed by atoms with Gasteiger partial charge in [-0.15, -0.1) is 0 Å². The third-order valence-electron chi connectivity index (χ3n) is 2.89. The minimum atomic E-state index is -0.692. The fourth-order valence-electron chi connectivity index (χ4n) is 1.89. The molecular formula is C13H16N2O4. The molecule has 6 nitrogen and oxygen atoms in total. The second kappa shape index (κ2) is 6.19. The molecule has 1 aromatic rings. The molecule has 1 aliphatic rings. The van der Waals surface area contributed by atoms with Gasteiger partial charge in [0.1, 0.15) is 0 Å². The van der Waals surface area contributed by atoms with E-state index in [0.29, 0.717) is 18.8 Å². The second-order valence-corrected chi connectivity index (χ2v) is 4.10. The molecule has 1 heterocycles. The predicted octanol–water partition coefficient (Wildman–Crippen LogP) is 1.09. The van der Waals surface area contributed by atoms with Gasteiger partial charge in [0.2, 0.25) is 0 Å². The summed E-state index contributed by atoms with van der Waals surface area (Å²) in [6.07, 6.45) is 0. The van der Waals surface area contributed by atoms with Gasteiger partial charge in [-0.2, -0.15) is 0 Å². The summed E-state index contributed by atoms with van der Waals surface area (Å²) in [7, 11) is 1.30. The zero-order chi connectivity index (χ0) is 13.7. The first-order valence-electron chi connectivity index (χ1n) is 6.00. The number of nitrogens with zero attached hydrogens (tertiary/aromatic N) is 1. The summed E-state index contributed by atoms with van der Waals surface area (Å²) in [5, 5.41) is 2.74. The number of methoxy groups -OCH3 is 1. The van der Waals surface area contributed by atoms with Crippen molar-refractivity contribution in [2.45, 2.75) is 6.04 Å². The van der Waals surface area contributed by atoms with E-state index < -0.39 is 12.0 Å². The van der Waals surface area contributed by atoms with Gasteiger partial charge in [-0.05, 0) is 12.1 Å². The van der Waals surface area contributed by atoms with Crippen molar-refractivity contribution in [1.29, 1.82) is 0 Å². The molecule has 6 heteroatoms. The van der Waals surface area contributed by atoms with E-state index in [9.17, 15) is 9.59 Å². The number of anilines is 1. The van der Waals surface area contributed by atoms with Gasteiger partial charge in [0, 0.05) is 12.2 Å². The Morgan fingerprint density at radius 1 is 1.37 bits per heavy atom. The maximum atomic E-state index is 12.1. The highest BCUT2D eigenvalue weighted by Crippen LogP contribution is 2.12. The fraction of sp³-hybridized carbons (Fsp3) is 0.385. The Morgan fingerprint density at radius 3 is 2.79 bits per heavy atom. The quantitative estimate of drug-likeness (QED) is 0.812. The lowest BCUT2D eigenvalue weighted by molar-refractivity contribution is -0.150. The Balaban J connectivity index is 2.05. The average molecular weight is 264 g/mol. The Morgan fingerprint density at radius 2 is 2.11 bits per heavy atom. The van der Waals surface area contributed by atoms with E-state index in [0.717, 1.165) is 0 Å². The third-order valence-corrected chi connectivity index (χ3v) is 2.89. The number of morpholine rings is 1. The van der Waals surface area contributed by atoms with Gasteiger partial charge >= 0.3 is 12.0 Å². The Kier molecular flexibility index (Phi) is 4.35. The average Bonchev–Trinajstić information content (AvgIpc) is 2.47. The smallest absolute Gasteiger partial charge is 0.331 e. The summed E-state index contributed by atoms with van der Waals surface area (Å²) in [5.41, 5.74) is 0.683. The molecule has 1 saturated heterocycles. The number of para-hydroxylation sites is 1. The maximum Gasteiger partial charge on any atom is 0.331 e. The Hall–Kier alpha value is -2.08. The number of carbonyl (C=O) groups is 2. The molecule has 0 aromatic heterocycles.